The molecule has 2 rings (SSSR count). The third-order valence-corrected chi connectivity index (χ3v) is 2.78. The van der Waals surface area contributed by atoms with Crippen molar-refractivity contribution < 1.29 is 0 Å². The minimum Gasteiger partial charge on any atom is -0.327 e. The molecule has 0 amide bonds. The van der Waals surface area contributed by atoms with Gasteiger partial charge in [0.2, 0.25) is 0 Å². The van der Waals surface area contributed by atoms with E-state index in [1.165, 1.54) is 0 Å². The van der Waals surface area contributed by atoms with E-state index in [0.29, 0.717) is 5.92 Å². The van der Waals surface area contributed by atoms with E-state index in [2.05, 4.69) is 0 Å². The van der Waals surface area contributed by atoms with E-state index in [4.69, 9.17) is 28.9 Å². The molecule has 0 saturated heterocycles. The van der Waals surface area contributed by atoms with Crippen LogP contribution in [0.15, 0.2) is 18.2 Å². The molecule has 0 spiro atoms. The van der Waals surface area contributed by atoms with Crippen molar-refractivity contribution in [2.75, 3.05) is 0 Å². The molecule has 1 aromatic carbocycles. The molecular formula is C9H10Cl3N. The lowest BCUT2D eigenvalue weighted by atomic mass is 10.1. The Hall–Kier alpha value is 0.0500. The number of benzene rings is 1. The summed E-state index contributed by atoms with van der Waals surface area (Å²) < 4.78 is 0. The fourth-order valence-corrected chi connectivity index (χ4v) is 1.81. The second kappa shape index (κ2) is 4.05. The van der Waals surface area contributed by atoms with E-state index in [0.717, 1.165) is 22.0 Å². The second-order valence-corrected chi connectivity index (χ2v) is 4.02. The van der Waals surface area contributed by atoms with Gasteiger partial charge in [0.05, 0.1) is 0 Å². The quantitative estimate of drug-likeness (QED) is 0.799. The zero-order chi connectivity index (χ0) is 8.72. The molecule has 1 fully saturated rings. The van der Waals surface area contributed by atoms with E-state index < -0.39 is 0 Å². The van der Waals surface area contributed by atoms with Crippen molar-refractivity contribution in [2.45, 2.75) is 18.4 Å². The number of hydrogen-bond acceptors (Lipinski definition) is 1. The van der Waals surface area contributed by atoms with Gasteiger partial charge in [-0.25, -0.2) is 0 Å². The topological polar surface area (TPSA) is 26.0 Å². The average Bonchev–Trinajstić information content (AvgIpc) is 2.73. The lowest BCUT2D eigenvalue weighted by Crippen LogP contribution is -2.01. The maximum Gasteiger partial charge on any atom is 0.0442 e. The van der Waals surface area contributed by atoms with Crippen molar-refractivity contribution in [2.24, 2.45) is 5.73 Å². The van der Waals surface area contributed by atoms with Crippen molar-refractivity contribution in [1.29, 1.82) is 0 Å². The molecule has 0 aromatic heterocycles. The Morgan fingerprint density at radius 2 is 1.92 bits per heavy atom. The maximum atomic E-state index is 5.98. The number of hydrogen-bond donors (Lipinski definition) is 1. The average molecular weight is 239 g/mol. The summed E-state index contributed by atoms with van der Waals surface area (Å²) in [6.45, 7) is 0. The van der Waals surface area contributed by atoms with E-state index >= 15 is 0 Å². The van der Waals surface area contributed by atoms with Crippen molar-refractivity contribution in [3.05, 3.63) is 33.8 Å². The van der Waals surface area contributed by atoms with Crippen LogP contribution < -0.4 is 5.73 Å². The molecule has 0 radical (unpaired) electrons. The third kappa shape index (κ3) is 2.29. The zero-order valence-corrected chi connectivity index (χ0v) is 9.16. The van der Waals surface area contributed by atoms with Crippen LogP contribution in [0.2, 0.25) is 10.0 Å². The molecule has 2 unspecified atom stereocenters. The number of halogens is 3. The summed E-state index contributed by atoms with van der Waals surface area (Å²) in [5.74, 6) is 0.427. The molecule has 1 nitrogen and oxygen atoms in total. The van der Waals surface area contributed by atoms with Gasteiger partial charge < -0.3 is 5.73 Å². The predicted molar refractivity (Wildman–Crippen MR) is 59.0 cm³/mol. The summed E-state index contributed by atoms with van der Waals surface area (Å²) in [5, 5.41) is 1.51. The number of rotatable bonds is 1. The molecular weight excluding hydrogens is 228 g/mol. The Labute approximate surface area is 93.6 Å². The lowest BCUT2D eigenvalue weighted by molar-refractivity contribution is 0.991. The Morgan fingerprint density at radius 3 is 2.46 bits per heavy atom. The molecule has 1 saturated carbocycles. The Bertz CT molecular complexity index is 314. The van der Waals surface area contributed by atoms with Crippen molar-refractivity contribution in [3.8, 4) is 0 Å². The monoisotopic (exact) mass is 237 g/mol. The smallest absolute Gasteiger partial charge is 0.0442 e. The molecule has 0 aliphatic heterocycles. The normalized spacial score (nSPS) is 25.2. The van der Waals surface area contributed by atoms with Crippen LogP contribution in [0, 0.1) is 0 Å². The van der Waals surface area contributed by atoms with Gasteiger partial charge in [0.1, 0.15) is 0 Å². The molecule has 1 aliphatic rings. The van der Waals surface area contributed by atoms with Gasteiger partial charge in [-0.1, -0.05) is 23.2 Å². The summed E-state index contributed by atoms with van der Waals surface area (Å²) in [4.78, 5) is 0. The van der Waals surface area contributed by atoms with Gasteiger partial charge in [-0.05, 0) is 30.2 Å². The fraction of sp³-hybridized carbons (Fsp3) is 0.333. The lowest BCUT2D eigenvalue weighted by Gasteiger charge is -2.02. The highest BCUT2D eigenvalue weighted by atomic mass is 35.5. The van der Waals surface area contributed by atoms with Gasteiger partial charge in [0, 0.05) is 22.0 Å². The van der Waals surface area contributed by atoms with E-state index in [-0.39, 0.29) is 18.4 Å². The Morgan fingerprint density at radius 1 is 1.31 bits per heavy atom. The highest BCUT2D eigenvalue weighted by molar-refractivity contribution is 6.33. The first kappa shape index (κ1) is 11.1. The van der Waals surface area contributed by atoms with Gasteiger partial charge in [0.15, 0.2) is 0 Å². The van der Waals surface area contributed by atoms with Crippen LogP contribution in [0.25, 0.3) is 0 Å². The SMILES string of the molecule is Cl.NC1CC1c1cc(Cl)ccc1Cl. The summed E-state index contributed by atoms with van der Waals surface area (Å²) in [5.41, 5.74) is 6.81. The second-order valence-electron chi connectivity index (χ2n) is 3.17. The summed E-state index contributed by atoms with van der Waals surface area (Å²) in [6, 6.07) is 5.80. The minimum absolute atomic E-state index is 0. The summed E-state index contributed by atoms with van der Waals surface area (Å²) in [6.07, 6.45) is 1.03. The molecule has 0 heterocycles. The van der Waals surface area contributed by atoms with Crippen molar-refractivity contribution in [3.63, 3.8) is 0 Å². The van der Waals surface area contributed by atoms with Crippen LogP contribution in [-0.4, -0.2) is 6.04 Å². The van der Waals surface area contributed by atoms with Crippen molar-refractivity contribution >= 4 is 35.6 Å². The largest absolute Gasteiger partial charge is 0.327 e. The number of nitrogens with two attached hydrogens (primary N) is 1. The summed E-state index contributed by atoms with van der Waals surface area (Å²) >= 11 is 11.8. The van der Waals surface area contributed by atoms with Crippen LogP contribution in [-0.2, 0) is 0 Å². The van der Waals surface area contributed by atoms with E-state index in [1.807, 2.05) is 12.1 Å². The first-order chi connectivity index (χ1) is 5.68. The first-order valence-electron chi connectivity index (χ1n) is 3.89. The maximum absolute atomic E-state index is 5.98. The standard InChI is InChI=1S/C9H9Cl2N.ClH/c10-5-1-2-8(11)6(3-5)7-4-9(7)12;/h1-3,7,9H,4,12H2;1H. The molecule has 1 aromatic rings. The van der Waals surface area contributed by atoms with Gasteiger partial charge in [-0.3, -0.25) is 0 Å². The molecule has 2 atom stereocenters. The van der Waals surface area contributed by atoms with Gasteiger partial charge in [-0.2, -0.15) is 0 Å². The van der Waals surface area contributed by atoms with E-state index in [9.17, 15) is 0 Å². The summed E-state index contributed by atoms with van der Waals surface area (Å²) in [7, 11) is 0. The first-order valence-corrected chi connectivity index (χ1v) is 4.64. The highest BCUT2D eigenvalue weighted by Gasteiger charge is 2.36. The zero-order valence-electron chi connectivity index (χ0n) is 6.84. The molecule has 4 heteroatoms. The highest BCUT2D eigenvalue weighted by Crippen LogP contribution is 2.42. The van der Waals surface area contributed by atoms with Crippen LogP contribution in [0.1, 0.15) is 17.9 Å². The fourth-order valence-electron chi connectivity index (χ4n) is 1.37. The van der Waals surface area contributed by atoms with Gasteiger partial charge in [0.25, 0.3) is 0 Å². The van der Waals surface area contributed by atoms with Gasteiger partial charge in [-0.15, -0.1) is 12.4 Å². The minimum atomic E-state index is 0. The Balaban J connectivity index is 0.000000845. The Kier molecular flexibility index (Phi) is 3.47. The molecule has 0 bridgehead atoms. The van der Waals surface area contributed by atoms with Crippen LogP contribution in [0.5, 0.6) is 0 Å². The molecule has 1 aliphatic carbocycles. The van der Waals surface area contributed by atoms with Crippen LogP contribution in [0.4, 0.5) is 0 Å². The van der Waals surface area contributed by atoms with Crippen LogP contribution >= 0.6 is 35.6 Å². The van der Waals surface area contributed by atoms with E-state index in [1.54, 1.807) is 6.07 Å². The third-order valence-electron chi connectivity index (χ3n) is 2.20. The van der Waals surface area contributed by atoms with Crippen molar-refractivity contribution in [1.82, 2.24) is 0 Å². The molecule has 72 valence electrons. The molecule has 2 N–H and O–H groups in total. The van der Waals surface area contributed by atoms with Gasteiger partial charge >= 0.3 is 0 Å². The van der Waals surface area contributed by atoms with Crippen LogP contribution in [0.3, 0.4) is 0 Å². The predicted octanol–water partition coefficient (Wildman–Crippen LogP) is 3.23. The molecule has 13 heavy (non-hydrogen) atoms.